The first kappa shape index (κ1) is 15.0. The lowest BCUT2D eigenvalue weighted by atomic mass is 10.2. The number of rotatable bonds is 4. The van der Waals surface area contributed by atoms with Crippen LogP contribution in [0.15, 0.2) is 40.9 Å². The third kappa shape index (κ3) is 3.28. The minimum Gasteiger partial charge on any atom is -0.420 e. The quantitative estimate of drug-likeness (QED) is 0.803. The van der Waals surface area contributed by atoms with E-state index in [1.807, 2.05) is 0 Å². The largest absolute Gasteiger partial charge is 0.420 e. The summed E-state index contributed by atoms with van der Waals surface area (Å²) in [6.07, 6.45) is 1.76. The molecule has 0 spiro atoms. The van der Waals surface area contributed by atoms with Crippen molar-refractivity contribution in [3.8, 4) is 11.6 Å². The van der Waals surface area contributed by atoms with E-state index >= 15 is 0 Å². The van der Waals surface area contributed by atoms with Crippen molar-refractivity contribution in [2.45, 2.75) is 20.4 Å². The molecule has 0 saturated carbocycles. The Hall–Kier alpha value is -2.96. The molecule has 0 saturated heterocycles. The van der Waals surface area contributed by atoms with Gasteiger partial charge in [0.25, 0.3) is 5.89 Å². The number of amides is 1. The summed E-state index contributed by atoms with van der Waals surface area (Å²) in [6, 6.07) is 7.82. The number of carbonyl (C=O) groups excluding carboxylic acids is 1. The lowest BCUT2D eigenvalue weighted by Crippen LogP contribution is -2.19. The molecule has 3 aromatic rings. The maximum Gasteiger partial charge on any atom is 0.264 e. The Kier molecular flexibility index (Phi) is 3.92. The lowest BCUT2D eigenvalue weighted by Gasteiger charge is -2.10. The third-order valence-corrected chi connectivity index (χ3v) is 3.35. The van der Waals surface area contributed by atoms with Crippen molar-refractivity contribution < 1.29 is 13.6 Å². The first-order valence-electron chi connectivity index (χ1n) is 7.04. The average molecular weight is 314 g/mol. The Morgan fingerprint density at radius 3 is 2.83 bits per heavy atom. The molecule has 23 heavy (non-hydrogen) atoms. The van der Waals surface area contributed by atoms with Gasteiger partial charge in [0.05, 0.1) is 0 Å². The van der Waals surface area contributed by atoms with Crippen LogP contribution in [0.1, 0.15) is 11.5 Å². The minimum absolute atomic E-state index is 0.0839. The number of benzene rings is 1. The van der Waals surface area contributed by atoms with E-state index in [0.717, 1.165) is 0 Å². The van der Waals surface area contributed by atoms with Crippen LogP contribution in [0.2, 0.25) is 0 Å². The number of hydrogen-bond acceptors (Lipinski definition) is 4. The Morgan fingerprint density at radius 2 is 2.13 bits per heavy atom. The molecular weight excluding hydrogens is 299 g/mol. The van der Waals surface area contributed by atoms with E-state index in [9.17, 15) is 9.18 Å². The molecule has 2 aromatic heterocycles. The predicted octanol–water partition coefficient (Wildman–Crippen LogP) is 2.93. The summed E-state index contributed by atoms with van der Waals surface area (Å²) in [5.41, 5.74) is 1.91. The number of aryl methyl sites for hydroxylation is 2. The van der Waals surface area contributed by atoms with Gasteiger partial charge in [-0.3, -0.25) is 4.79 Å². The van der Waals surface area contributed by atoms with Gasteiger partial charge in [-0.25, -0.2) is 4.39 Å². The first-order valence-corrected chi connectivity index (χ1v) is 7.04. The van der Waals surface area contributed by atoms with E-state index in [1.54, 1.807) is 42.8 Å². The van der Waals surface area contributed by atoms with Gasteiger partial charge in [-0.05, 0) is 42.8 Å². The molecular formula is C16H15FN4O2. The molecule has 2 heterocycles. The summed E-state index contributed by atoms with van der Waals surface area (Å²) in [7, 11) is 0. The number of nitrogens with zero attached hydrogens (tertiary/aromatic N) is 3. The second-order valence-corrected chi connectivity index (χ2v) is 5.15. The summed E-state index contributed by atoms with van der Waals surface area (Å²) in [5.74, 6) is 0.255. The number of halogens is 1. The van der Waals surface area contributed by atoms with Gasteiger partial charge >= 0.3 is 0 Å². The monoisotopic (exact) mass is 314 g/mol. The summed E-state index contributed by atoms with van der Waals surface area (Å²) in [5, 5.41) is 10.5. The summed E-state index contributed by atoms with van der Waals surface area (Å²) >= 11 is 0. The van der Waals surface area contributed by atoms with Crippen molar-refractivity contribution in [2.75, 3.05) is 5.32 Å². The van der Waals surface area contributed by atoms with Crippen LogP contribution in [0.4, 0.5) is 10.1 Å². The van der Waals surface area contributed by atoms with Crippen LogP contribution in [0.3, 0.4) is 0 Å². The first-order chi connectivity index (χ1) is 11.0. The third-order valence-electron chi connectivity index (χ3n) is 3.35. The second-order valence-electron chi connectivity index (χ2n) is 5.15. The molecule has 6 nitrogen and oxygen atoms in total. The highest BCUT2D eigenvalue weighted by molar-refractivity contribution is 5.91. The maximum atomic E-state index is 13.1. The Labute approximate surface area is 132 Å². The van der Waals surface area contributed by atoms with Crippen molar-refractivity contribution in [1.82, 2.24) is 14.8 Å². The Bertz CT molecular complexity index is 853. The fourth-order valence-corrected chi connectivity index (χ4v) is 2.26. The van der Waals surface area contributed by atoms with Crippen molar-refractivity contribution in [3.05, 3.63) is 53.8 Å². The highest BCUT2D eigenvalue weighted by Gasteiger charge is 2.13. The maximum absolute atomic E-state index is 13.1. The normalized spacial score (nSPS) is 10.7. The zero-order valence-corrected chi connectivity index (χ0v) is 12.7. The van der Waals surface area contributed by atoms with Crippen LogP contribution in [0.5, 0.6) is 0 Å². The second kappa shape index (κ2) is 6.04. The number of hydrogen-bond donors (Lipinski definition) is 1. The van der Waals surface area contributed by atoms with Gasteiger partial charge in [-0.1, -0.05) is 0 Å². The van der Waals surface area contributed by atoms with Crippen LogP contribution in [0, 0.1) is 19.7 Å². The standard InChI is InChI=1S/C16H15FN4O2/c1-10-8-12(17)5-6-13(10)18-15(22)9-21-7-3-4-14(21)16-20-19-11(2)23-16/h3-8H,9H2,1-2H3,(H,18,22). The van der Waals surface area contributed by atoms with Gasteiger partial charge in [0.2, 0.25) is 11.8 Å². The fourth-order valence-electron chi connectivity index (χ4n) is 2.26. The van der Waals surface area contributed by atoms with Gasteiger partial charge < -0.3 is 14.3 Å². The molecule has 0 atom stereocenters. The van der Waals surface area contributed by atoms with E-state index in [4.69, 9.17) is 4.42 Å². The van der Waals surface area contributed by atoms with Gasteiger partial charge in [0.1, 0.15) is 18.1 Å². The molecule has 0 aliphatic rings. The van der Waals surface area contributed by atoms with E-state index < -0.39 is 0 Å². The van der Waals surface area contributed by atoms with Gasteiger partial charge in [0, 0.05) is 18.8 Å². The van der Waals surface area contributed by atoms with Crippen molar-refractivity contribution in [2.24, 2.45) is 0 Å². The van der Waals surface area contributed by atoms with Crippen LogP contribution >= 0.6 is 0 Å². The van der Waals surface area contributed by atoms with Gasteiger partial charge in [-0.15, -0.1) is 10.2 Å². The molecule has 0 aliphatic carbocycles. The fraction of sp³-hybridized carbons (Fsp3) is 0.188. The summed E-state index contributed by atoms with van der Waals surface area (Å²) in [6.45, 7) is 3.52. The summed E-state index contributed by atoms with van der Waals surface area (Å²) in [4.78, 5) is 12.2. The SMILES string of the molecule is Cc1nnc(-c2cccn2CC(=O)Nc2ccc(F)cc2C)o1. The molecule has 0 aliphatic heterocycles. The Morgan fingerprint density at radius 1 is 1.30 bits per heavy atom. The topological polar surface area (TPSA) is 73.0 Å². The van der Waals surface area contributed by atoms with Crippen molar-refractivity contribution >= 4 is 11.6 Å². The molecule has 1 N–H and O–H groups in total. The molecule has 0 unspecified atom stereocenters. The zero-order valence-electron chi connectivity index (χ0n) is 12.7. The van der Waals surface area contributed by atoms with E-state index in [-0.39, 0.29) is 18.3 Å². The van der Waals surface area contributed by atoms with E-state index in [2.05, 4.69) is 15.5 Å². The van der Waals surface area contributed by atoms with Crippen LogP contribution in [-0.4, -0.2) is 20.7 Å². The molecule has 118 valence electrons. The molecule has 1 aromatic carbocycles. The number of nitrogens with one attached hydrogen (secondary N) is 1. The molecule has 0 bridgehead atoms. The average Bonchev–Trinajstić information content (AvgIpc) is 3.10. The summed E-state index contributed by atoms with van der Waals surface area (Å²) < 4.78 is 20.2. The predicted molar refractivity (Wildman–Crippen MR) is 82.2 cm³/mol. The smallest absolute Gasteiger partial charge is 0.264 e. The highest BCUT2D eigenvalue weighted by Crippen LogP contribution is 2.19. The number of aromatic nitrogens is 3. The van der Waals surface area contributed by atoms with E-state index in [1.165, 1.54) is 12.1 Å². The van der Waals surface area contributed by atoms with Gasteiger partial charge in [0.15, 0.2) is 0 Å². The van der Waals surface area contributed by atoms with Crippen LogP contribution < -0.4 is 5.32 Å². The Balaban J connectivity index is 1.75. The molecule has 0 radical (unpaired) electrons. The lowest BCUT2D eigenvalue weighted by molar-refractivity contribution is -0.116. The minimum atomic E-state index is -0.333. The number of anilines is 1. The van der Waals surface area contributed by atoms with Crippen LogP contribution in [0.25, 0.3) is 11.6 Å². The molecule has 3 rings (SSSR count). The molecule has 1 amide bonds. The molecule has 0 fully saturated rings. The van der Waals surface area contributed by atoms with E-state index in [0.29, 0.717) is 28.7 Å². The van der Waals surface area contributed by atoms with Crippen LogP contribution in [-0.2, 0) is 11.3 Å². The highest BCUT2D eigenvalue weighted by atomic mass is 19.1. The van der Waals surface area contributed by atoms with Gasteiger partial charge in [-0.2, -0.15) is 0 Å². The van der Waals surface area contributed by atoms with Crippen molar-refractivity contribution in [1.29, 1.82) is 0 Å². The van der Waals surface area contributed by atoms with Crippen molar-refractivity contribution in [3.63, 3.8) is 0 Å². The number of carbonyl (C=O) groups is 1. The molecule has 7 heteroatoms. The zero-order chi connectivity index (χ0) is 16.4.